The third-order valence-corrected chi connectivity index (χ3v) is 2.52. The Labute approximate surface area is 90.6 Å². The largest absolute Gasteiger partial charge is 0.408 e. The molecule has 1 saturated carbocycles. The van der Waals surface area contributed by atoms with E-state index in [9.17, 15) is 13.2 Å². The minimum absolute atomic E-state index is 0.193. The predicted octanol–water partition coefficient (Wildman–Crippen LogP) is 1.22. The van der Waals surface area contributed by atoms with Crippen molar-refractivity contribution in [2.45, 2.75) is 37.9 Å². The molecular formula is C9H13F3N4. The van der Waals surface area contributed by atoms with E-state index in [0.29, 0.717) is 24.4 Å². The minimum Gasteiger partial charge on any atom is -0.330 e. The van der Waals surface area contributed by atoms with Gasteiger partial charge in [-0.15, -0.1) is 5.10 Å². The van der Waals surface area contributed by atoms with Crippen molar-refractivity contribution < 1.29 is 13.2 Å². The topological polar surface area (TPSA) is 56.7 Å². The third-order valence-electron chi connectivity index (χ3n) is 2.52. The number of nitrogens with two attached hydrogens (primary N) is 1. The zero-order valence-corrected chi connectivity index (χ0v) is 8.67. The Morgan fingerprint density at radius 2 is 2.06 bits per heavy atom. The smallest absolute Gasteiger partial charge is 0.330 e. The first-order valence-corrected chi connectivity index (χ1v) is 5.20. The van der Waals surface area contributed by atoms with Crippen LogP contribution in [0.3, 0.4) is 0 Å². The maximum Gasteiger partial charge on any atom is 0.408 e. The van der Waals surface area contributed by atoms with Crippen LogP contribution in [-0.4, -0.2) is 27.7 Å². The molecule has 0 atom stereocenters. The number of nitrogens with zero attached hydrogens (tertiary/aromatic N) is 3. The maximum absolute atomic E-state index is 12.3. The predicted molar refractivity (Wildman–Crippen MR) is 50.8 cm³/mol. The second-order valence-corrected chi connectivity index (χ2v) is 4.01. The van der Waals surface area contributed by atoms with Crippen molar-refractivity contribution >= 4 is 0 Å². The monoisotopic (exact) mass is 234 g/mol. The number of aromatic nitrogens is 3. The van der Waals surface area contributed by atoms with E-state index < -0.39 is 12.7 Å². The highest BCUT2D eigenvalue weighted by Crippen LogP contribution is 2.41. The lowest BCUT2D eigenvalue weighted by Crippen LogP contribution is -2.20. The number of halogens is 3. The van der Waals surface area contributed by atoms with Crippen LogP contribution >= 0.6 is 0 Å². The Bertz CT molecular complexity index is 367. The van der Waals surface area contributed by atoms with E-state index >= 15 is 0 Å². The molecule has 7 heteroatoms. The van der Waals surface area contributed by atoms with Gasteiger partial charge in [0.1, 0.15) is 6.54 Å². The van der Waals surface area contributed by atoms with Gasteiger partial charge in [-0.25, -0.2) is 4.68 Å². The van der Waals surface area contributed by atoms with E-state index in [-0.39, 0.29) is 5.92 Å². The van der Waals surface area contributed by atoms with Crippen LogP contribution in [0.2, 0.25) is 0 Å². The Balaban J connectivity index is 2.23. The van der Waals surface area contributed by atoms with Crippen LogP contribution in [0.1, 0.15) is 30.1 Å². The standard InChI is InChI=1S/C9H13F3N4/c10-9(11,12)5-16-8(6-1-2-6)7(3-4-13)14-15-16/h6H,1-5,13H2. The fourth-order valence-electron chi connectivity index (χ4n) is 1.76. The van der Waals surface area contributed by atoms with E-state index in [1.807, 2.05) is 0 Å². The lowest BCUT2D eigenvalue weighted by atomic mass is 10.2. The first-order valence-electron chi connectivity index (χ1n) is 5.20. The van der Waals surface area contributed by atoms with E-state index in [4.69, 9.17) is 5.73 Å². The molecule has 4 nitrogen and oxygen atoms in total. The first kappa shape index (κ1) is 11.4. The van der Waals surface area contributed by atoms with Gasteiger partial charge < -0.3 is 5.73 Å². The lowest BCUT2D eigenvalue weighted by molar-refractivity contribution is -0.143. The van der Waals surface area contributed by atoms with Crippen LogP contribution < -0.4 is 5.73 Å². The maximum atomic E-state index is 12.3. The molecule has 2 N–H and O–H groups in total. The summed E-state index contributed by atoms with van der Waals surface area (Å²) in [6, 6.07) is 0. The average Bonchev–Trinajstić information content (AvgIpc) is 2.91. The Kier molecular flexibility index (Phi) is 2.88. The summed E-state index contributed by atoms with van der Waals surface area (Å²) < 4.78 is 37.8. The van der Waals surface area contributed by atoms with Gasteiger partial charge in [0, 0.05) is 12.3 Å². The number of rotatable bonds is 4. The molecule has 90 valence electrons. The summed E-state index contributed by atoms with van der Waals surface area (Å²) >= 11 is 0. The second kappa shape index (κ2) is 4.04. The molecule has 16 heavy (non-hydrogen) atoms. The van der Waals surface area contributed by atoms with E-state index in [1.54, 1.807) is 0 Å². The summed E-state index contributed by atoms with van der Waals surface area (Å²) in [6.07, 6.45) is -1.92. The fraction of sp³-hybridized carbons (Fsp3) is 0.778. The van der Waals surface area contributed by atoms with Gasteiger partial charge in [0.05, 0.1) is 11.4 Å². The Hall–Kier alpha value is -1.11. The number of hydrogen-bond donors (Lipinski definition) is 1. The van der Waals surface area contributed by atoms with Crippen LogP contribution in [0.15, 0.2) is 0 Å². The highest BCUT2D eigenvalue weighted by atomic mass is 19.4. The summed E-state index contributed by atoms with van der Waals surface area (Å²) in [4.78, 5) is 0. The molecule has 0 amide bonds. The summed E-state index contributed by atoms with van der Waals surface area (Å²) in [5.41, 5.74) is 6.63. The van der Waals surface area contributed by atoms with Gasteiger partial charge in [-0.1, -0.05) is 5.21 Å². The molecule has 0 aliphatic heterocycles. The Morgan fingerprint density at radius 3 is 2.56 bits per heavy atom. The van der Waals surface area contributed by atoms with Crippen molar-refractivity contribution in [3.8, 4) is 0 Å². The van der Waals surface area contributed by atoms with Gasteiger partial charge >= 0.3 is 6.18 Å². The lowest BCUT2D eigenvalue weighted by Gasteiger charge is -2.09. The highest BCUT2D eigenvalue weighted by molar-refractivity contribution is 5.21. The van der Waals surface area contributed by atoms with Crippen molar-refractivity contribution in [1.82, 2.24) is 15.0 Å². The van der Waals surface area contributed by atoms with Gasteiger partial charge in [0.2, 0.25) is 0 Å². The molecule has 0 bridgehead atoms. The van der Waals surface area contributed by atoms with Crippen LogP contribution in [0.4, 0.5) is 13.2 Å². The zero-order chi connectivity index (χ0) is 11.8. The van der Waals surface area contributed by atoms with E-state index in [2.05, 4.69) is 10.3 Å². The normalized spacial score (nSPS) is 16.8. The van der Waals surface area contributed by atoms with Gasteiger partial charge in [-0.05, 0) is 19.4 Å². The van der Waals surface area contributed by atoms with Gasteiger partial charge in [-0.3, -0.25) is 0 Å². The van der Waals surface area contributed by atoms with Crippen molar-refractivity contribution in [2.75, 3.05) is 6.54 Å². The number of hydrogen-bond acceptors (Lipinski definition) is 3. The molecule has 1 fully saturated rings. The number of alkyl halides is 3. The second-order valence-electron chi connectivity index (χ2n) is 4.01. The van der Waals surface area contributed by atoms with Crippen LogP contribution in [0.5, 0.6) is 0 Å². The molecule has 0 radical (unpaired) electrons. The van der Waals surface area contributed by atoms with E-state index in [1.165, 1.54) is 0 Å². The molecule has 0 unspecified atom stereocenters. The molecule has 1 aliphatic carbocycles. The Morgan fingerprint density at radius 1 is 1.38 bits per heavy atom. The first-order chi connectivity index (χ1) is 7.51. The molecule has 1 aromatic rings. The zero-order valence-electron chi connectivity index (χ0n) is 8.67. The van der Waals surface area contributed by atoms with Gasteiger partial charge in [0.15, 0.2) is 0 Å². The van der Waals surface area contributed by atoms with Crippen LogP contribution in [0.25, 0.3) is 0 Å². The molecule has 0 saturated heterocycles. The molecule has 1 heterocycles. The molecular weight excluding hydrogens is 221 g/mol. The summed E-state index contributed by atoms with van der Waals surface area (Å²) in [7, 11) is 0. The quantitative estimate of drug-likeness (QED) is 0.852. The summed E-state index contributed by atoms with van der Waals surface area (Å²) in [5.74, 6) is 0.193. The van der Waals surface area contributed by atoms with Gasteiger partial charge in [0.25, 0.3) is 0 Å². The van der Waals surface area contributed by atoms with Crippen molar-refractivity contribution in [3.63, 3.8) is 0 Å². The molecule has 2 rings (SSSR count). The molecule has 0 aromatic carbocycles. The van der Waals surface area contributed by atoms with Crippen LogP contribution in [-0.2, 0) is 13.0 Å². The van der Waals surface area contributed by atoms with Crippen molar-refractivity contribution in [1.29, 1.82) is 0 Å². The van der Waals surface area contributed by atoms with Crippen LogP contribution in [0, 0.1) is 0 Å². The van der Waals surface area contributed by atoms with E-state index in [0.717, 1.165) is 17.5 Å². The SMILES string of the molecule is NCCc1nnn(CC(F)(F)F)c1C1CC1. The molecule has 1 aliphatic rings. The average molecular weight is 234 g/mol. The minimum atomic E-state index is -4.25. The van der Waals surface area contributed by atoms with Crippen molar-refractivity contribution in [3.05, 3.63) is 11.4 Å². The van der Waals surface area contributed by atoms with Gasteiger partial charge in [-0.2, -0.15) is 13.2 Å². The van der Waals surface area contributed by atoms with Crippen molar-refractivity contribution in [2.24, 2.45) is 5.73 Å². The molecule has 0 spiro atoms. The summed E-state index contributed by atoms with van der Waals surface area (Å²) in [5, 5.41) is 7.36. The highest BCUT2D eigenvalue weighted by Gasteiger charge is 2.35. The third kappa shape index (κ3) is 2.52. The molecule has 1 aromatic heterocycles. The fourth-order valence-corrected chi connectivity index (χ4v) is 1.76. The summed E-state index contributed by atoms with van der Waals surface area (Å²) in [6.45, 7) is -0.680.